The van der Waals surface area contributed by atoms with Gasteiger partial charge in [-0.05, 0) is 49.4 Å². The Kier molecular flexibility index (Phi) is 5.93. The molecule has 7 nitrogen and oxygen atoms in total. The van der Waals surface area contributed by atoms with Crippen molar-refractivity contribution in [2.24, 2.45) is 17.8 Å². The zero-order chi connectivity index (χ0) is 21.3. The van der Waals surface area contributed by atoms with Crippen molar-refractivity contribution < 1.29 is 22.8 Å². The minimum atomic E-state index is -3.34. The molecule has 0 saturated carbocycles. The van der Waals surface area contributed by atoms with Crippen molar-refractivity contribution in [2.45, 2.75) is 44.0 Å². The van der Waals surface area contributed by atoms with Gasteiger partial charge in [-0.1, -0.05) is 26.0 Å². The summed E-state index contributed by atoms with van der Waals surface area (Å²) in [5, 5.41) is 2.73. The van der Waals surface area contributed by atoms with Crippen LogP contribution in [-0.4, -0.2) is 43.3 Å². The fourth-order valence-electron chi connectivity index (χ4n) is 3.92. The number of likely N-dealkylation sites (tertiary alicyclic amines) is 1. The molecule has 2 aliphatic rings. The normalized spacial score (nSPS) is 22.7. The summed E-state index contributed by atoms with van der Waals surface area (Å²) in [6, 6.07) is 4.93. The Bertz CT molecular complexity index is 924. The topological polar surface area (TPSA) is 101 Å². The minimum Gasteiger partial charge on any atom is -0.324 e. The van der Waals surface area contributed by atoms with Crippen molar-refractivity contribution in [3.05, 3.63) is 36.4 Å². The number of carbonyl (C=O) groups excluding carboxylic acids is 3. The van der Waals surface area contributed by atoms with E-state index in [1.165, 1.54) is 24.3 Å². The Hall–Kier alpha value is -2.48. The number of fused-ring (bicyclic) bond motifs is 1. The minimum absolute atomic E-state index is 0.0970. The summed E-state index contributed by atoms with van der Waals surface area (Å²) in [4.78, 5) is 40.1. The standard InChI is InChI=1S/C21H26N2O5S/c1-13(2)12-18(23-20(25)16-6-4-5-7-17(16)21(23)26)19(24)22-14-8-10-15(11-9-14)29(3,27)28/h4-5,8-11,13,16-18H,6-7,12H2,1-3H3,(H,22,24). The molecular weight excluding hydrogens is 392 g/mol. The molecule has 1 aliphatic carbocycles. The van der Waals surface area contributed by atoms with Crippen LogP contribution < -0.4 is 5.32 Å². The lowest BCUT2D eigenvalue weighted by molar-refractivity contribution is -0.147. The van der Waals surface area contributed by atoms with Crippen LogP contribution in [0.5, 0.6) is 0 Å². The zero-order valence-corrected chi connectivity index (χ0v) is 17.6. The Labute approximate surface area is 171 Å². The lowest BCUT2D eigenvalue weighted by Crippen LogP contribution is -2.48. The van der Waals surface area contributed by atoms with Crippen molar-refractivity contribution >= 4 is 33.2 Å². The number of amides is 3. The van der Waals surface area contributed by atoms with Gasteiger partial charge < -0.3 is 5.32 Å². The van der Waals surface area contributed by atoms with Crippen LogP contribution in [0.15, 0.2) is 41.3 Å². The molecule has 8 heteroatoms. The third kappa shape index (κ3) is 4.42. The molecule has 1 aromatic carbocycles. The predicted octanol–water partition coefficient (Wildman–Crippen LogP) is 2.39. The molecule has 3 amide bonds. The number of rotatable bonds is 6. The quantitative estimate of drug-likeness (QED) is 0.565. The Morgan fingerprint density at radius 3 is 2.03 bits per heavy atom. The molecule has 1 fully saturated rings. The molecule has 0 aromatic heterocycles. The fourth-order valence-corrected chi connectivity index (χ4v) is 4.55. The molecule has 1 aliphatic heterocycles. The largest absolute Gasteiger partial charge is 0.324 e. The van der Waals surface area contributed by atoms with E-state index in [-0.39, 0.29) is 34.5 Å². The molecule has 1 saturated heterocycles. The summed E-state index contributed by atoms with van der Waals surface area (Å²) >= 11 is 0. The van der Waals surface area contributed by atoms with E-state index < -0.39 is 21.8 Å². The van der Waals surface area contributed by atoms with Crippen LogP contribution in [0.2, 0.25) is 0 Å². The van der Waals surface area contributed by atoms with E-state index in [0.29, 0.717) is 24.9 Å². The van der Waals surface area contributed by atoms with E-state index >= 15 is 0 Å². The van der Waals surface area contributed by atoms with E-state index in [0.717, 1.165) is 11.2 Å². The van der Waals surface area contributed by atoms with Gasteiger partial charge in [-0.2, -0.15) is 0 Å². The number of carbonyl (C=O) groups is 3. The van der Waals surface area contributed by atoms with Gasteiger partial charge in [0.05, 0.1) is 16.7 Å². The maximum Gasteiger partial charge on any atom is 0.247 e. The Morgan fingerprint density at radius 2 is 1.59 bits per heavy atom. The number of anilines is 1. The second kappa shape index (κ2) is 8.10. The number of allylic oxidation sites excluding steroid dienone is 2. The third-order valence-electron chi connectivity index (χ3n) is 5.40. The smallest absolute Gasteiger partial charge is 0.247 e. The van der Waals surface area contributed by atoms with Gasteiger partial charge in [0.2, 0.25) is 17.7 Å². The molecular formula is C21H26N2O5S. The van der Waals surface area contributed by atoms with E-state index in [1.807, 2.05) is 26.0 Å². The van der Waals surface area contributed by atoms with Gasteiger partial charge in [-0.15, -0.1) is 0 Å². The van der Waals surface area contributed by atoms with Crippen molar-refractivity contribution in [2.75, 3.05) is 11.6 Å². The molecule has 156 valence electrons. The Morgan fingerprint density at radius 1 is 1.07 bits per heavy atom. The highest BCUT2D eigenvalue weighted by Gasteiger charge is 2.51. The maximum atomic E-state index is 13.0. The van der Waals surface area contributed by atoms with E-state index in [9.17, 15) is 22.8 Å². The highest BCUT2D eigenvalue weighted by atomic mass is 32.2. The number of hydrogen-bond donors (Lipinski definition) is 1. The molecule has 3 rings (SSSR count). The third-order valence-corrected chi connectivity index (χ3v) is 6.53. The van der Waals surface area contributed by atoms with Crippen LogP contribution >= 0.6 is 0 Å². The first-order valence-corrected chi connectivity index (χ1v) is 11.6. The van der Waals surface area contributed by atoms with Crippen molar-refractivity contribution in [1.82, 2.24) is 4.90 Å². The van der Waals surface area contributed by atoms with Crippen LogP contribution in [0.25, 0.3) is 0 Å². The monoisotopic (exact) mass is 418 g/mol. The number of nitrogens with zero attached hydrogens (tertiary/aromatic N) is 1. The number of hydrogen-bond acceptors (Lipinski definition) is 5. The molecule has 0 radical (unpaired) electrons. The second-order valence-electron chi connectivity index (χ2n) is 8.13. The summed E-state index contributed by atoms with van der Waals surface area (Å²) < 4.78 is 23.2. The molecule has 3 unspecified atom stereocenters. The molecule has 0 bridgehead atoms. The highest BCUT2D eigenvalue weighted by Crippen LogP contribution is 2.37. The maximum absolute atomic E-state index is 13.0. The fraction of sp³-hybridized carbons (Fsp3) is 0.476. The molecule has 1 N–H and O–H groups in total. The summed E-state index contributed by atoms with van der Waals surface area (Å²) in [7, 11) is -3.34. The number of sulfone groups is 1. The lowest BCUT2D eigenvalue weighted by Gasteiger charge is -2.27. The van der Waals surface area contributed by atoms with Gasteiger partial charge in [0, 0.05) is 11.9 Å². The predicted molar refractivity (Wildman–Crippen MR) is 109 cm³/mol. The van der Waals surface area contributed by atoms with Crippen molar-refractivity contribution in [3.63, 3.8) is 0 Å². The SMILES string of the molecule is CC(C)CC(C(=O)Nc1ccc(S(C)(=O)=O)cc1)N1C(=O)C2CC=CCC2C1=O. The van der Waals surface area contributed by atoms with Gasteiger partial charge in [-0.3, -0.25) is 19.3 Å². The second-order valence-corrected chi connectivity index (χ2v) is 10.1. The van der Waals surface area contributed by atoms with Crippen molar-refractivity contribution in [3.8, 4) is 0 Å². The first kappa shape index (κ1) is 21.2. The molecule has 3 atom stereocenters. The van der Waals surface area contributed by atoms with E-state index in [4.69, 9.17) is 0 Å². The van der Waals surface area contributed by atoms with Crippen molar-refractivity contribution in [1.29, 1.82) is 0 Å². The van der Waals surface area contributed by atoms with Crippen LogP contribution in [0.1, 0.15) is 33.1 Å². The first-order valence-electron chi connectivity index (χ1n) is 9.72. The first-order chi connectivity index (χ1) is 13.6. The summed E-state index contributed by atoms with van der Waals surface area (Å²) in [5.74, 6) is -1.68. The highest BCUT2D eigenvalue weighted by molar-refractivity contribution is 7.90. The van der Waals surface area contributed by atoms with E-state index in [2.05, 4.69) is 5.32 Å². The lowest BCUT2D eigenvalue weighted by atomic mass is 9.85. The van der Waals surface area contributed by atoms with Gasteiger partial charge >= 0.3 is 0 Å². The number of benzene rings is 1. The summed E-state index contributed by atoms with van der Waals surface area (Å²) in [5.41, 5.74) is 0.411. The van der Waals surface area contributed by atoms with Crippen LogP contribution in [0.4, 0.5) is 5.69 Å². The van der Waals surface area contributed by atoms with Gasteiger partial charge in [0.25, 0.3) is 0 Å². The van der Waals surface area contributed by atoms with Gasteiger partial charge in [0.15, 0.2) is 9.84 Å². The van der Waals surface area contributed by atoms with Gasteiger partial charge in [-0.25, -0.2) is 8.42 Å². The van der Waals surface area contributed by atoms with Gasteiger partial charge in [0.1, 0.15) is 6.04 Å². The van der Waals surface area contributed by atoms with Crippen LogP contribution in [0.3, 0.4) is 0 Å². The van der Waals surface area contributed by atoms with E-state index in [1.54, 1.807) is 0 Å². The van der Waals surface area contributed by atoms with Crippen LogP contribution in [-0.2, 0) is 24.2 Å². The molecule has 1 heterocycles. The zero-order valence-electron chi connectivity index (χ0n) is 16.8. The Balaban J connectivity index is 1.82. The average Bonchev–Trinajstić information content (AvgIpc) is 2.90. The summed E-state index contributed by atoms with van der Waals surface area (Å²) in [6.07, 6.45) is 6.34. The molecule has 1 aromatic rings. The molecule has 29 heavy (non-hydrogen) atoms. The number of imide groups is 1. The number of nitrogens with one attached hydrogen (secondary N) is 1. The summed E-state index contributed by atoms with van der Waals surface area (Å²) in [6.45, 7) is 3.86. The van der Waals surface area contributed by atoms with Crippen LogP contribution in [0, 0.1) is 17.8 Å². The average molecular weight is 419 g/mol. The molecule has 0 spiro atoms.